The van der Waals surface area contributed by atoms with Crippen molar-refractivity contribution >= 4 is 11.6 Å². The van der Waals surface area contributed by atoms with Crippen LogP contribution < -0.4 is 4.90 Å². The monoisotopic (exact) mass is 327 g/mol. The molecule has 0 N–H and O–H groups in total. The Morgan fingerprint density at radius 1 is 1.12 bits per heavy atom. The lowest BCUT2D eigenvalue weighted by Gasteiger charge is -2.25. The second-order valence-electron chi connectivity index (χ2n) is 6.10. The Morgan fingerprint density at radius 3 is 2.67 bits per heavy atom. The molecule has 1 saturated heterocycles. The van der Waals surface area contributed by atoms with Crippen LogP contribution in [0.2, 0.25) is 0 Å². The fourth-order valence-electron chi connectivity index (χ4n) is 3.12. The summed E-state index contributed by atoms with van der Waals surface area (Å²) in [5, 5.41) is 0. The maximum atomic E-state index is 14.5. The Morgan fingerprint density at radius 2 is 1.92 bits per heavy atom. The van der Waals surface area contributed by atoms with E-state index in [9.17, 15) is 9.18 Å². The van der Waals surface area contributed by atoms with Gasteiger partial charge in [0.2, 0.25) is 6.17 Å². The molecule has 0 spiro atoms. The fraction of sp³-hybridized carbons (Fsp3) is 0.368. The lowest BCUT2D eigenvalue weighted by molar-refractivity contribution is -0.136. The van der Waals surface area contributed by atoms with Crippen molar-refractivity contribution in [1.82, 2.24) is 9.88 Å². The lowest BCUT2D eigenvalue weighted by Crippen LogP contribution is -2.37. The van der Waals surface area contributed by atoms with E-state index in [1.807, 2.05) is 25.3 Å². The number of aromatic nitrogens is 1. The highest BCUT2D eigenvalue weighted by atomic mass is 19.1. The van der Waals surface area contributed by atoms with Crippen molar-refractivity contribution in [2.24, 2.45) is 0 Å². The molecular formula is C19H22FN3O. The molecule has 1 aromatic heterocycles. The summed E-state index contributed by atoms with van der Waals surface area (Å²) < 4.78 is 14.5. The van der Waals surface area contributed by atoms with Gasteiger partial charge in [-0.3, -0.25) is 9.78 Å². The molecule has 1 fully saturated rings. The number of hydrogen-bond donors (Lipinski definition) is 0. The Balaban J connectivity index is 1.67. The predicted octanol–water partition coefficient (Wildman–Crippen LogP) is 3.14. The van der Waals surface area contributed by atoms with Crippen LogP contribution in [0, 0.1) is 6.92 Å². The molecule has 1 aromatic carbocycles. The van der Waals surface area contributed by atoms with Crippen LogP contribution in [0.25, 0.3) is 0 Å². The Kier molecular flexibility index (Phi) is 5.08. The van der Waals surface area contributed by atoms with Crippen LogP contribution in [0.15, 0.2) is 48.8 Å². The Hall–Kier alpha value is -2.43. The van der Waals surface area contributed by atoms with Gasteiger partial charge in [0.25, 0.3) is 5.91 Å². The Bertz CT molecular complexity index is 692. The molecule has 4 nitrogen and oxygen atoms in total. The van der Waals surface area contributed by atoms with Crippen LogP contribution in [0.5, 0.6) is 0 Å². The number of halogens is 1. The van der Waals surface area contributed by atoms with E-state index in [0.717, 1.165) is 24.2 Å². The zero-order valence-electron chi connectivity index (χ0n) is 13.9. The van der Waals surface area contributed by atoms with E-state index in [1.165, 1.54) is 0 Å². The number of amides is 1. The number of aryl methyl sites for hydroxylation is 1. The smallest absolute Gasteiger partial charge is 0.261 e. The van der Waals surface area contributed by atoms with Crippen molar-refractivity contribution < 1.29 is 9.18 Å². The third-order valence-corrected chi connectivity index (χ3v) is 4.45. The Labute approximate surface area is 141 Å². The highest BCUT2D eigenvalue weighted by Crippen LogP contribution is 2.23. The number of nitrogens with zero attached hydrogens (tertiary/aromatic N) is 3. The van der Waals surface area contributed by atoms with Crippen LogP contribution in [-0.2, 0) is 4.79 Å². The summed E-state index contributed by atoms with van der Waals surface area (Å²) in [7, 11) is 0. The minimum absolute atomic E-state index is 0.425. The summed E-state index contributed by atoms with van der Waals surface area (Å²) in [4.78, 5) is 20.5. The van der Waals surface area contributed by atoms with Gasteiger partial charge in [0.05, 0.1) is 0 Å². The second kappa shape index (κ2) is 7.43. The number of alkyl halides is 1. The molecule has 1 aliphatic heterocycles. The molecule has 0 saturated carbocycles. The van der Waals surface area contributed by atoms with Gasteiger partial charge in [0.1, 0.15) is 0 Å². The largest absolute Gasteiger partial charge is 0.369 e. The van der Waals surface area contributed by atoms with E-state index in [1.54, 1.807) is 35.4 Å². The molecular weight excluding hydrogens is 305 g/mol. The zero-order chi connectivity index (χ0) is 16.9. The summed E-state index contributed by atoms with van der Waals surface area (Å²) in [6.45, 7) is 4.72. The first kappa shape index (κ1) is 16.4. The average molecular weight is 327 g/mol. The van der Waals surface area contributed by atoms with E-state index in [2.05, 4.69) is 9.88 Å². The summed E-state index contributed by atoms with van der Waals surface area (Å²) in [6.07, 6.45) is 2.87. The van der Waals surface area contributed by atoms with Crippen molar-refractivity contribution in [3.05, 3.63) is 59.9 Å². The molecule has 0 bridgehead atoms. The van der Waals surface area contributed by atoms with E-state index < -0.39 is 12.1 Å². The molecule has 126 valence electrons. The summed E-state index contributed by atoms with van der Waals surface area (Å²) >= 11 is 0. The van der Waals surface area contributed by atoms with Gasteiger partial charge in [-0.25, -0.2) is 4.39 Å². The van der Waals surface area contributed by atoms with E-state index in [0.29, 0.717) is 25.2 Å². The van der Waals surface area contributed by atoms with E-state index in [-0.39, 0.29) is 0 Å². The third-order valence-electron chi connectivity index (χ3n) is 4.45. The average Bonchev–Trinajstić information content (AvgIpc) is 2.88. The van der Waals surface area contributed by atoms with Gasteiger partial charge in [-0.2, -0.15) is 0 Å². The number of carbonyl (C=O) groups excluding carboxylic acids is 1. The third kappa shape index (κ3) is 3.55. The highest BCUT2D eigenvalue weighted by Gasteiger charge is 2.27. The molecule has 1 amide bonds. The van der Waals surface area contributed by atoms with Gasteiger partial charge in [-0.1, -0.05) is 30.3 Å². The van der Waals surface area contributed by atoms with Crippen molar-refractivity contribution in [3.63, 3.8) is 0 Å². The summed E-state index contributed by atoms with van der Waals surface area (Å²) in [5.41, 5.74) is 2.68. The fourth-order valence-corrected chi connectivity index (χ4v) is 3.12. The van der Waals surface area contributed by atoms with Gasteiger partial charge in [-0.15, -0.1) is 0 Å². The topological polar surface area (TPSA) is 36.4 Å². The van der Waals surface area contributed by atoms with Gasteiger partial charge in [0.15, 0.2) is 0 Å². The SMILES string of the molecule is Cc1cnccc1N1CCCN(C(=O)[C@H](F)c2ccccc2)CC1. The minimum atomic E-state index is -1.58. The summed E-state index contributed by atoms with van der Waals surface area (Å²) in [5.74, 6) is -0.436. The molecule has 2 aromatic rings. The number of carbonyl (C=O) groups is 1. The first-order valence-corrected chi connectivity index (χ1v) is 8.30. The maximum absolute atomic E-state index is 14.5. The normalized spacial score (nSPS) is 16.6. The molecule has 0 aliphatic carbocycles. The van der Waals surface area contributed by atoms with Gasteiger partial charge >= 0.3 is 0 Å². The standard InChI is InChI=1S/C19H22FN3O/c1-15-14-21-9-8-17(15)22-10-5-11-23(13-12-22)19(24)18(20)16-6-3-2-4-7-16/h2-4,6-9,14,18H,5,10-13H2,1H3/t18-/m1/s1. The quantitative estimate of drug-likeness (QED) is 0.869. The van der Waals surface area contributed by atoms with Crippen molar-refractivity contribution in [3.8, 4) is 0 Å². The molecule has 1 atom stereocenters. The lowest BCUT2D eigenvalue weighted by atomic mass is 10.1. The van der Waals surface area contributed by atoms with Crippen molar-refractivity contribution in [1.29, 1.82) is 0 Å². The van der Waals surface area contributed by atoms with E-state index >= 15 is 0 Å². The first-order valence-electron chi connectivity index (χ1n) is 8.30. The molecule has 1 aliphatic rings. The number of anilines is 1. The van der Waals surface area contributed by atoms with Crippen LogP contribution in [-0.4, -0.2) is 42.0 Å². The number of pyridine rings is 1. The van der Waals surface area contributed by atoms with Crippen molar-refractivity contribution in [2.75, 3.05) is 31.1 Å². The molecule has 5 heteroatoms. The molecule has 0 radical (unpaired) electrons. The number of rotatable bonds is 3. The van der Waals surface area contributed by atoms with Gasteiger partial charge in [-0.05, 0) is 30.5 Å². The minimum Gasteiger partial charge on any atom is -0.369 e. The number of hydrogen-bond acceptors (Lipinski definition) is 3. The predicted molar refractivity (Wildman–Crippen MR) is 92.7 cm³/mol. The number of benzene rings is 1. The van der Waals surface area contributed by atoms with Crippen LogP contribution in [0.3, 0.4) is 0 Å². The molecule has 0 unspecified atom stereocenters. The zero-order valence-corrected chi connectivity index (χ0v) is 13.9. The molecule has 2 heterocycles. The van der Waals surface area contributed by atoms with Gasteiger partial charge < -0.3 is 9.80 Å². The summed E-state index contributed by atoms with van der Waals surface area (Å²) in [6, 6.07) is 10.6. The van der Waals surface area contributed by atoms with Crippen LogP contribution in [0.4, 0.5) is 10.1 Å². The second-order valence-corrected chi connectivity index (χ2v) is 6.10. The highest BCUT2D eigenvalue weighted by molar-refractivity contribution is 5.82. The van der Waals surface area contributed by atoms with Crippen molar-refractivity contribution in [2.45, 2.75) is 19.5 Å². The maximum Gasteiger partial charge on any atom is 0.261 e. The van der Waals surface area contributed by atoms with Gasteiger partial charge in [0, 0.05) is 44.3 Å². The molecule has 3 rings (SSSR count). The van der Waals surface area contributed by atoms with Crippen LogP contribution in [0.1, 0.15) is 23.7 Å². The van der Waals surface area contributed by atoms with Crippen LogP contribution >= 0.6 is 0 Å². The van der Waals surface area contributed by atoms with E-state index in [4.69, 9.17) is 0 Å². The first-order chi connectivity index (χ1) is 11.7. The molecule has 24 heavy (non-hydrogen) atoms.